The second kappa shape index (κ2) is 5.55. The minimum atomic E-state index is -0.326. The van der Waals surface area contributed by atoms with Gasteiger partial charge in [-0.05, 0) is 20.8 Å². The molecule has 0 unspecified atom stereocenters. The molecular weight excluding hydrogens is 294 g/mol. The fraction of sp³-hybridized carbons (Fsp3) is 0.615. The van der Waals surface area contributed by atoms with Gasteiger partial charge in [0, 0.05) is 24.7 Å². The standard InChI is InChI=1S/C13H20ClN5O2/c1-13(2,3)19(12(20)21-4)8-6-18(7-8)10-5-9(14)16-11(15)17-10/h5,8H,6-7H2,1-4H3,(H2,15,16,17). The van der Waals surface area contributed by atoms with Crippen LogP contribution in [0.25, 0.3) is 0 Å². The molecule has 0 radical (unpaired) electrons. The summed E-state index contributed by atoms with van der Waals surface area (Å²) in [5.41, 5.74) is 5.28. The Balaban J connectivity index is 2.09. The van der Waals surface area contributed by atoms with E-state index in [4.69, 9.17) is 22.1 Å². The number of rotatable bonds is 2. The highest BCUT2D eigenvalue weighted by Gasteiger charge is 2.41. The van der Waals surface area contributed by atoms with Gasteiger partial charge in [-0.15, -0.1) is 0 Å². The summed E-state index contributed by atoms with van der Waals surface area (Å²) in [4.78, 5) is 23.7. The number of ether oxygens (including phenoxy) is 1. The first kappa shape index (κ1) is 15.6. The van der Waals surface area contributed by atoms with Crippen molar-refractivity contribution in [2.45, 2.75) is 32.4 Å². The Morgan fingerprint density at radius 3 is 2.57 bits per heavy atom. The van der Waals surface area contributed by atoms with E-state index in [1.165, 1.54) is 7.11 Å². The molecule has 2 N–H and O–H groups in total. The fourth-order valence-electron chi connectivity index (χ4n) is 2.46. The van der Waals surface area contributed by atoms with E-state index in [1.54, 1.807) is 11.0 Å². The average molecular weight is 314 g/mol. The molecule has 2 rings (SSSR count). The van der Waals surface area contributed by atoms with Crippen molar-refractivity contribution in [3.8, 4) is 0 Å². The first-order valence-corrected chi connectivity index (χ1v) is 7.02. The number of carbonyl (C=O) groups excluding carboxylic acids is 1. The second-order valence-corrected chi connectivity index (χ2v) is 6.36. The quantitative estimate of drug-likeness (QED) is 0.838. The van der Waals surface area contributed by atoms with Gasteiger partial charge in [0.1, 0.15) is 11.0 Å². The van der Waals surface area contributed by atoms with Crippen LogP contribution in [0.15, 0.2) is 6.07 Å². The highest BCUT2D eigenvalue weighted by Crippen LogP contribution is 2.28. The van der Waals surface area contributed by atoms with Gasteiger partial charge in [-0.3, -0.25) is 4.90 Å². The van der Waals surface area contributed by atoms with Gasteiger partial charge in [0.25, 0.3) is 0 Å². The van der Waals surface area contributed by atoms with Crippen LogP contribution in [0.1, 0.15) is 20.8 Å². The Morgan fingerprint density at radius 2 is 2.10 bits per heavy atom. The summed E-state index contributed by atoms with van der Waals surface area (Å²) in [5.74, 6) is 0.809. The molecule has 1 fully saturated rings. The highest BCUT2D eigenvalue weighted by atomic mass is 35.5. The van der Waals surface area contributed by atoms with Crippen LogP contribution >= 0.6 is 11.6 Å². The second-order valence-electron chi connectivity index (χ2n) is 5.98. The number of amides is 1. The third-order valence-corrected chi connectivity index (χ3v) is 3.54. The minimum absolute atomic E-state index is 0.0624. The molecule has 21 heavy (non-hydrogen) atoms. The third kappa shape index (κ3) is 3.29. The maximum atomic E-state index is 12.0. The van der Waals surface area contributed by atoms with Crippen molar-refractivity contribution in [2.75, 3.05) is 30.8 Å². The predicted molar refractivity (Wildman–Crippen MR) is 81.5 cm³/mol. The van der Waals surface area contributed by atoms with Crippen LogP contribution in [0.5, 0.6) is 0 Å². The number of nitrogens with two attached hydrogens (primary N) is 1. The van der Waals surface area contributed by atoms with Crippen molar-refractivity contribution in [3.05, 3.63) is 11.2 Å². The molecule has 1 saturated heterocycles. The van der Waals surface area contributed by atoms with Crippen LogP contribution in [0, 0.1) is 0 Å². The van der Waals surface area contributed by atoms with Gasteiger partial charge >= 0.3 is 6.09 Å². The lowest BCUT2D eigenvalue weighted by molar-refractivity contribution is 0.0478. The number of carbonyl (C=O) groups is 1. The van der Waals surface area contributed by atoms with Gasteiger partial charge in [-0.2, -0.15) is 4.98 Å². The van der Waals surface area contributed by atoms with E-state index in [2.05, 4.69) is 9.97 Å². The van der Waals surface area contributed by atoms with Crippen LogP contribution in [0.2, 0.25) is 5.15 Å². The number of halogens is 1. The number of aromatic nitrogens is 2. The van der Waals surface area contributed by atoms with Crippen LogP contribution < -0.4 is 10.6 Å². The molecule has 0 bridgehead atoms. The largest absolute Gasteiger partial charge is 0.453 e. The molecule has 0 saturated carbocycles. The van der Waals surface area contributed by atoms with Gasteiger partial charge in [0.2, 0.25) is 5.95 Å². The average Bonchev–Trinajstić information content (AvgIpc) is 2.29. The zero-order valence-corrected chi connectivity index (χ0v) is 13.4. The Bertz CT molecular complexity index is 520. The molecule has 0 atom stereocenters. The summed E-state index contributed by atoms with van der Waals surface area (Å²) in [7, 11) is 1.39. The predicted octanol–water partition coefficient (Wildman–Crippen LogP) is 1.77. The number of methoxy groups -OCH3 is 1. The number of anilines is 2. The summed E-state index contributed by atoms with van der Waals surface area (Å²) in [6.45, 7) is 7.24. The van der Waals surface area contributed by atoms with E-state index in [-0.39, 0.29) is 23.6 Å². The Labute approximate surface area is 129 Å². The monoisotopic (exact) mass is 313 g/mol. The summed E-state index contributed by atoms with van der Waals surface area (Å²) in [6, 6.07) is 1.72. The van der Waals surface area contributed by atoms with Crippen LogP contribution in [-0.2, 0) is 4.74 Å². The maximum Gasteiger partial charge on any atom is 0.410 e. The van der Waals surface area contributed by atoms with E-state index in [0.29, 0.717) is 24.1 Å². The van der Waals surface area contributed by atoms with Gasteiger partial charge in [-0.25, -0.2) is 9.78 Å². The topological polar surface area (TPSA) is 84.6 Å². The Morgan fingerprint density at radius 1 is 1.48 bits per heavy atom. The van der Waals surface area contributed by atoms with Gasteiger partial charge in [0.15, 0.2) is 0 Å². The molecule has 1 amide bonds. The highest BCUT2D eigenvalue weighted by molar-refractivity contribution is 6.29. The fourth-order valence-corrected chi connectivity index (χ4v) is 2.64. The van der Waals surface area contributed by atoms with Crippen molar-refractivity contribution < 1.29 is 9.53 Å². The van der Waals surface area contributed by atoms with Crippen LogP contribution in [0.3, 0.4) is 0 Å². The molecule has 7 nitrogen and oxygen atoms in total. The van der Waals surface area contributed by atoms with E-state index in [0.717, 1.165) is 0 Å². The number of hydrogen-bond donors (Lipinski definition) is 1. The van der Waals surface area contributed by atoms with Crippen molar-refractivity contribution >= 4 is 29.5 Å². The molecular formula is C13H20ClN5O2. The minimum Gasteiger partial charge on any atom is -0.453 e. The smallest absolute Gasteiger partial charge is 0.410 e. The van der Waals surface area contributed by atoms with E-state index < -0.39 is 0 Å². The van der Waals surface area contributed by atoms with Gasteiger partial charge in [0.05, 0.1) is 13.2 Å². The van der Waals surface area contributed by atoms with Crippen LogP contribution in [0.4, 0.5) is 16.6 Å². The molecule has 1 aliphatic rings. The summed E-state index contributed by atoms with van der Waals surface area (Å²) in [5, 5.41) is 0.307. The van der Waals surface area contributed by atoms with Crippen molar-refractivity contribution in [2.24, 2.45) is 0 Å². The first-order valence-electron chi connectivity index (χ1n) is 6.64. The lowest BCUT2D eigenvalue weighted by Crippen LogP contribution is -2.65. The Hall–Kier alpha value is -1.76. The molecule has 2 heterocycles. The molecule has 0 aromatic carbocycles. The number of hydrogen-bond acceptors (Lipinski definition) is 6. The molecule has 8 heteroatoms. The number of nitrogens with zero attached hydrogens (tertiary/aromatic N) is 4. The lowest BCUT2D eigenvalue weighted by atomic mass is 9.99. The van der Waals surface area contributed by atoms with Gasteiger partial charge in [-0.1, -0.05) is 11.6 Å². The normalized spacial score (nSPS) is 15.6. The first-order chi connectivity index (χ1) is 9.72. The van der Waals surface area contributed by atoms with Crippen molar-refractivity contribution in [1.29, 1.82) is 0 Å². The molecule has 1 aromatic rings. The lowest BCUT2D eigenvalue weighted by Gasteiger charge is -2.49. The molecule has 1 aromatic heterocycles. The maximum absolute atomic E-state index is 12.0. The molecule has 1 aliphatic heterocycles. The summed E-state index contributed by atoms with van der Waals surface area (Å²) in [6.07, 6.45) is -0.326. The summed E-state index contributed by atoms with van der Waals surface area (Å²) >= 11 is 5.88. The SMILES string of the molecule is COC(=O)N(C1CN(c2cc(Cl)nc(N)n2)C1)C(C)(C)C. The molecule has 0 aliphatic carbocycles. The van der Waals surface area contributed by atoms with Gasteiger partial charge < -0.3 is 15.4 Å². The summed E-state index contributed by atoms with van der Waals surface area (Å²) < 4.78 is 4.88. The zero-order chi connectivity index (χ0) is 15.8. The van der Waals surface area contributed by atoms with E-state index in [1.807, 2.05) is 25.7 Å². The molecule has 0 spiro atoms. The number of nitrogen functional groups attached to an aromatic ring is 1. The zero-order valence-electron chi connectivity index (χ0n) is 12.6. The van der Waals surface area contributed by atoms with Crippen molar-refractivity contribution in [3.63, 3.8) is 0 Å². The third-order valence-electron chi connectivity index (χ3n) is 3.34. The Kier molecular flexibility index (Phi) is 4.13. The van der Waals surface area contributed by atoms with Crippen LogP contribution in [-0.4, -0.2) is 52.7 Å². The van der Waals surface area contributed by atoms with E-state index in [9.17, 15) is 4.79 Å². The molecule has 116 valence electrons. The van der Waals surface area contributed by atoms with E-state index >= 15 is 0 Å². The van der Waals surface area contributed by atoms with Crippen molar-refractivity contribution in [1.82, 2.24) is 14.9 Å².